The monoisotopic (exact) mass is 272 g/mol. The molecule has 2 aliphatic rings. The SMILES string of the molecule is NC1C2CCCOC2C1NS(=O)(=O)c1ccn[nH]1. The minimum atomic E-state index is -3.59. The van der Waals surface area contributed by atoms with E-state index in [4.69, 9.17) is 10.5 Å². The van der Waals surface area contributed by atoms with Gasteiger partial charge in [-0.3, -0.25) is 5.10 Å². The van der Waals surface area contributed by atoms with Crippen molar-refractivity contribution in [3.63, 3.8) is 0 Å². The van der Waals surface area contributed by atoms with E-state index in [9.17, 15) is 8.42 Å². The van der Waals surface area contributed by atoms with Crippen molar-refractivity contribution >= 4 is 10.0 Å². The van der Waals surface area contributed by atoms with Crippen LogP contribution in [0.2, 0.25) is 0 Å². The van der Waals surface area contributed by atoms with E-state index in [0.29, 0.717) is 6.61 Å². The molecular formula is C10H16N4O3S. The van der Waals surface area contributed by atoms with Gasteiger partial charge in [-0.15, -0.1) is 0 Å². The van der Waals surface area contributed by atoms with Crippen molar-refractivity contribution < 1.29 is 13.2 Å². The van der Waals surface area contributed by atoms with Crippen LogP contribution >= 0.6 is 0 Å². The van der Waals surface area contributed by atoms with Gasteiger partial charge in [-0.2, -0.15) is 5.10 Å². The number of aromatic nitrogens is 2. The summed E-state index contributed by atoms with van der Waals surface area (Å²) in [5.74, 6) is 0.271. The average molecular weight is 272 g/mol. The third-order valence-electron chi connectivity index (χ3n) is 3.73. The highest BCUT2D eigenvalue weighted by atomic mass is 32.2. The zero-order chi connectivity index (χ0) is 12.8. The molecular weight excluding hydrogens is 256 g/mol. The molecule has 8 heteroatoms. The molecule has 100 valence electrons. The van der Waals surface area contributed by atoms with Gasteiger partial charge in [-0.05, 0) is 18.9 Å². The van der Waals surface area contributed by atoms with Gasteiger partial charge in [0.25, 0.3) is 10.0 Å². The first-order valence-corrected chi connectivity index (χ1v) is 7.47. The minimum Gasteiger partial charge on any atom is -0.376 e. The fourth-order valence-corrected chi connectivity index (χ4v) is 3.92. The van der Waals surface area contributed by atoms with Crippen LogP contribution < -0.4 is 10.5 Å². The zero-order valence-corrected chi connectivity index (χ0v) is 10.6. The van der Waals surface area contributed by atoms with Gasteiger partial charge >= 0.3 is 0 Å². The molecule has 4 atom stereocenters. The Bertz CT molecular complexity index is 515. The summed E-state index contributed by atoms with van der Waals surface area (Å²) in [5.41, 5.74) is 6.01. The smallest absolute Gasteiger partial charge is 0.257 e. The van der Waals surface area contributed by atoms with Crippen molar-refractivity contribution in [3.8, 4) is 0 Å². The van der Waals surface area contributed by atoms with Crippen molar-refractivity contribution in [2.75, 3.05) is 6.61 Å². The van der Waals surface area contributed by atoms with E-state index in [1.54, 1.807) is 0 Å². The van der Waals surface area contributed by atoms with Crippen LogP contribution in [0.25, 0.3) is 0 Å². The van der Waals surface area contributed by atoms with E-state index in [-0.39, 0.29) is 29.1 Å². The van der Waals surface area contributed by atoms with Gasteiger partial charge in [0.05, 0.1) is 18.3 Å². The van der Waals surface area contributed by atoms with E-state index < -0.39 is 10.0 Å². The fourth-order valence-electron chi connectivity index (χ4n) is 2.73. The Hall–Kier alpha value is -0.960. The maximum absolute atomic E-state index is 12.0. The van der Waals surface area contributed by atoms with Crippen molar-refractivity contribution in [2.24, 2.45) is 11.7 Å². The van der Waals surface area contributed by atoms with E-state index in [0.717, 1.165) is 12.8 Å². The van der Waals surface area contributed by atoms with Crippen LogP contribution in [-0.2, 0) is 14.8 Å². The molecule has 1 aromatic rings. The lowest BCUT2D eigenvalue weighted by atomic mass is 9.69. The van der Waals surface area contributed by atoms with Crippen molar-refractivity contribution in [1.29, 1.82) is 0 Å². The highest BCUT2D eigenvalue weighted by Crippen LogP contribution is 2.37. The summed E-state index contributed by atoms with van der Waals surface area (Å²) >= 11 is 0. The Morgan fingerprint density at radius 1 is 1.56 bits per heavy atom. The minimum absolute atomic E-state index is 0.0500. The second kappa shape index (κ2) is 4.30. The van der Waals surface area contributed by atoms with Gasteiger partial charge in [0.2, 0.25) is 0 Å². The summed E-state index contributed by atoms with van der Waals surface area (Å²) in [7, 11) is -3.59. The molecule has 4 unspecified atom stereocenters. The summed E-state index contributed by atoms with van der Waals surface area (Å²) in [6, 6.07) is 0.891. The third-order valence-corrected chi connectivity index (χ3v) is 5.12. The molecule has 7 nitrogen and oxygen atoms in total. The Kier molecular flexibility index (Phi) is 2.89. The summed E-state index contributed by atoms with van der Waals surface area (Å²) in [6.45, 7) is 0.677. The molecule has 18 heavy (non-hydrogen) atoms. The van der Waals surface area contributed by atoms with Crippen LogP contribution in [-0.4, -0.2) is 43.4 Å². The number of hydrogen-bond acceptors (Lipinski definition) is 5. The van der Waals surface area contributed by atoms with Gasteiger partial charge in [0, 0.05) is 18.6 Å². The summed E-state index contributed by atoms with van der Waals surface area (Å²) in [6.07, 6.45) is 3.31. The summed E-state index contributed by atoms with van der Waals surface area (Å²) < 4.78 is 32.2. The normalized spacial score (nSPS) is 35.8. The van der Waals surface area contributed by atoms with E-state index in [1.807, 2.05) is 0 Å². The molecule has 0 aromatic carbocycles. The summed E-state index contributed by atoms with van der Waals surface area (Å²) in [4.78, 5) is 0. The van der Waals surface area contributed by atoms with Gasteiger partial charge in [0.1, 0.15) is 0 Å². The average Bonchev–Trinajstić information content (AvgIpc) is 2.90. The molecule has 0 amide bonds. The highest BCUT2D eigenvalue weighted by molar-refractivity contribution is 7.89. The fraction of sp³-hybridized carbons (Fsp3) is 0.700. The lowest BCUT2D eigenvalue weighted by Gasteiger charge is -2.52. The zero-order valence-electron chi connectivity index (χ0n) is 9.74. The lowest BCUT2D eigenvalue weighted by molar-refractivity contribution is -0.114. The molecule has 1 aliphatic heterocycles. The number of H-pyrrole nitrogens is 1. The molecule has 4 N–H and O–H groups in total. The van der Waals surface area contributed by atoms with Crippen LogP contribution in [0.5, 0.6) is 0 Å². The molecule has 0 spiro atoms. The molecule has 1 aliphatic carbocycles. The van der Waals surface area contributed by atoms with Gasteiger partial charge in [-0.25, -0.2) is 13.1 Å². The van der Waals surface area contributed by atoms with Crippen LogP contribution in [0.4, 0.5) is 0 Å². The van der Waals surface area contributed by atoms with Crippen LogP contribution in [0.3, 0.4) is 0 Å². The van der Waals surface area contributed by atoms with E-state index in [2.05, 4.69) is 14.9 Å². The molecule has 1 saturated carbocycles. The first kappa shape index (κ1) is 12.1. The molecule has 2 heterocycles. The van der Waals surface area contributed by atoms with Gasteiger partial charge < -0.3 is 10.5 Å². The number of rotatable bonds is 3. The second-order valence-corrected chi connectivity index (χ2v) is 6.47. The Morgan fingerprint density at radius 3 is 3.11 bits per heavy atom. The first-order valence-electron chi connectivity index (χ1n) is 5.98. The molecule has 1 aromatic heterocycles. The number of hydrogen-bond donors (Lipinski definition) is 3. The number of ether oxygens (including phenoxy) is 1. The largest absolute Gasteiger partial charge is 0.376 e. The number of nitrogens with zero attached hydrogens (tertiary/aromatic N) is 1. The molecule has 0 radical (unpaired) electrons. The Balaban J connectivity index is 1.74. The van der Waals surface area contributed by atoms with Crippen molar-refractivity contribution in [3.05, 3.63) is 12.3 Å². The van der Waals surface area contributed by atoms with E-state index >= 15 is 0 Å². The predicted molar refractivity (Wildman–Crippen MR) is 63.1 cm³/mol. The molecule has 0 bridgehead atoms. The van der Waals surface area contributed by atoms with Crippen LogP contribution in [0, 0.1) is 5.92 Å². The van der Waals surface area contributed by atoms with Crippen molar-refractivity contribution in [1.82, 2.24) is 14.9 Å². The lowest BCUT2D eigenvalue weighted by Crippen LogP contribution is -2.71. The maximum atomic E-state index is 12.0. The number of sulfonamides is 1. The number of fused-ring (bicyclic) bond motifs is 1. The highest BCUT2D eigenvalue weighted by Gasteiger charge is 2.52. The number of aromatic amines is 1. The van der Waals surface area contributed by atoms with Crippen molar-refractivity contribution in [2.45, 2.75) is 36.1 Å². The van der Waals surface area contributed by atoms with E-state index in [1.165, 1.54) is 12.3 Å². The van der Waals surface area contributed by atoms with Gasteiger partial charge in [0.15, 0.2) is 5.03 Å². The van der Waals surface area contributed by atoms with Gasteiger partial charge in [-0.1, -0.05) is 0 Å². The standard InChI is InChI=1S/C10H16N4O3S/c11-8-6-2-1-5-17-10(6)9(8)14-18(15,16)7-3-4-12-13-7/h3-4,6,8-10,14H,1-2,5,11H2,(H,12,13). The van der Waals surface area contributed by atoms with Crippen LogP contribution in [0.1, 0.15) is 12.8 Å². The topological polar surface area (TPSA) is 110 Å². The molecule has 3 rings (SSSR count). The second-order valence-electron chi connectivity index (χ2n) is 4.79. The van der Waals surface area contributed by atoms with Crippen LogP contribution in [0.15, 0.2) is 17.3 Å². The number of nitrogens with one attached hydrogen (secondary N) is 2. The Labute approximate surface area is 105 Å². The first-order chi connectivity index (χ1) is 8.59. The summed E-state index contributed by atoms with van der Waals surface area (Å²) in [5, 5.41) is 6.12. The molecule has 2 fully saturated rings. The number of nitrogens with two attached hydrogens (primary N) is 1. The predicted octanol–water partition coefficient (Wildman–Crippen LogP) is -0.807. The maximum Gasteiger partial charge on any atom is 0.257 e. The quantitative estimate of drug-likeness (QED) is 0.667. The third kappa shape index (κ3) is 1.85. The Morgan fingerprint density at radius 2 is 2.39 bits per heavy atom. The molecule has 1 saturated heterocycles.